The SMILES string of the molecule is CC/C=C\C/C=C\C/C=C\C/C=C\C/C=C\CCCCCCCCCCCC(=O)OCC(COC(=O)CCC/C=C\C/C=C\C/C=C\C/C=C\C/C=C\CC)OC(=O)CCCCCCCC/C=C\C/C=C\C/C=C\C/C=C\CC. The molecule has 1 unspecified atom stereocenters. The first-order chi connectivity index (χ1) is 39.0. The number of hydrogen-bond acceptors (Lipinski definition) is 6. The van der Waals surface area contributed by atoms with E-state index in [1.165, 1.54) is 51.4 Å². The fourth-order valence-electron chi connectivity index (χ4n) is 8.08. The van der Waals surface area contributed by atoms with Gasteiger partial charge in [0.2, 0.25) is 0 Å². The third-order valence-electron chi connectivity index (χ3n) is 12.7. The van der Waals surface area contributed by atoms with Crippen molar-refractivity contribution < 1.29 is 28.6 Å². The van der Waals surface area contributed by atoms with Gasteiger partial charge in [0, 0.05) is 19.3 Å². The molecule has 0 aromatic carbocycles. The maximum atomic E-state index is 12.9. The third kappa shape index (κ3) is 63.5. The van der Waals surface area contributed by atoms with Crippen molar-refractivity contribution in [1.29, 1.82) is 0 Å². The van der Waals surface area contributed by atoms with Crippen LogP contribution in [-0.2, 0) is 28.6 Å². The van der Waals surface area contributed by atoms with E-state index in [-0.39, 0.29) is 37.5 Å². The standard InChI is InChI=1S/C73H114O6/c1-4-7-10-13-16-19-22-25-28-31-33-34-35-36-37-38-40-42-45-48-51-54-57-60-63-66-72(75)78-69-70(68-77-71(74)65-62-59-56-53-50-47-44-41-30-27-24-21-18-15-12-9-6-3)79-73(76)67-64-61-58-55-52-49-46-43-39-32-29-26-23-20-17-14-11-8-5-2/h7-12,16-21,25-30,33-34,36-37,39,43-44,47,53,56,70H,4-6,13-15,22-24,31-32,35,38,40-42,45-46,48-52,54-55,57-69H2,1-3H3/b10-7-,11-8-,12-9-,19-16-,20-17-,21-18-,28-25-,29-26-,30-27-,34-33-,37-36-,43-39-,47-44-,56-53-. The summed E-state index contributed by atoms with van der Waals surface area (Å²) in [6.07, 6.45) is 96.4. The Labute approximate surface area is 485 Å². The van der Waals surface area contributed by atoms with Crippen LogP contribution in [-0.4, -0.2) is 37.2 Å². The minimum Gasteiger partial charge on any atom is -0.462 e. The smallest absolute Gasteiger partial charge is 0.306 e. The van der Waals surface area contributed by atoms with Gasteiger partial charge in [-0.1, -0.05) is 262 Å². The molecule has 0 aromatic rings. The van der Waals surface area contributed by atoms with Crippen molar-refractivity contribution in [1.82, 2.24) is 0 Å². The molecule has 0 saturated carbocycles. The Morgan fingerprint density at radius 2 is 0.468 bits per heavy atom. The molecule has 79 heavy (non-hydrogen) atoms. The molecule has 0 aliphatic carbocycles. The van der Waals surface area contributed by atoms with Crippen LogP contribution in [0.3, 0.4) is 0 Å². The highest BCUT2D eigenvalue weighted by Crippen LogP contribution is 2.14. The molecule has 6 heteroatoms. The molecule has 0 bridgehead atoms. The van der Waals surface area contributed by atoms with Gasteiger partial charge in [0.25, 0.3) is 0 Å². The lowest BCUT2D eigenvalue weighted by Gasteiger charge is -2.18. The van der Waals surface area contributed by atoms with Gasteiger partial charge < -0.3 is 14.2 Å². The molecule has 0 N–H and O–H groups in total. The lowest BCUT2D eigenvalue weighted by Crippen LogP contribution is -2.30. The highest BCUT2D eigenvalue weighted by Gasteiger charge is 2.19. The third-order valence-corrected chi connectivity index (χ3v) is 12.7. The van der Waals surface area contributed by atoms with Crippen molar-refractivity contribution in [3.63, 3.8) is 0 Å². The molecule has 0 aliphatic rings. The molecular weight excluding hydrogens is 973 g/mol. The van der Waals surface area contributed by atoms with Crippen molar-refractivity contribution in [3.8, 4) is 0 Å². The van der Waals surface area contributed by atoms with Crippen LogP contribution in [0.25, 0.3) is 0 Å². The van der Waals surface area contributed by atoms with Crippen LogP contribution in [0, 0.1) is 0 Å². The first-order valence-electron chi connectivity index (χ1n) is 31.6. The lowest BCUT2D eigenvalue weighted by molar-refractivity contribution is -0.167. The first kappa shape index (κ1) is 73.8. The summed E-state index contributed by atoms with van der Waals surface area (Å²) in [5.41, 5.74) is 0. The number of carbonyl (C=O) groups excluding carboxylic acids is 3. The number of carbonyl (C=O) groups is 3. The Morgan fingerprint density at radius 3 is 0.759 bits per heavy atom. The molecule has 1 atom stereocenters. The molecule has 0 heterocycles. The summed E-state index contributed by atoms with van der Waals surface area (Å²) in [7, 11) is 0. The van der Waals surface area contributed by atoms with E-state index in [0.717, 1.165) is 154 Å². The Morgan fingerprint density at radius 1 is 0.253 bits per heavy atom. The first-order valence-corrected chi connectivity index (χ1v) is 31.6. The number of rotatable bonds is 55. The average Bonchev–Trinajstić information content (AvgIpc) is 3.45. The largest absolute Gasteiger partial charge is 0.462 e. The minimum atomic E-state index is -0.822. The van der Waals surface area contributed by atoms with Crippen molar-refractivity contribution in [2.45, 2.75) is 258 Å². The molecule has 0 aliphatic heterocycles. The molecule has 0 aromatic heterocycles. The Bertz CT molecular complexity index is 1820. The van der Waals surface area contributed by atoms with Gasteiger partial charge in [-0.3, -0.25) is 14.4 Å². The predicted molar refractivity (Wildman–Crippen MR) is 343 cm³/mol. The van der Waals surface area contributed by atoms with E-state index >= 15 is 0 Å². The molecule has 0 rings (SSSR count). The van der Waals surface area contributed by atoms with E-state index in [0.29, 0.717) is 19.3 Å². The fraction of sp³-hybridized carbons (Fsp3) is 0.575. The molecule has 0 radical (unpaired) electrons. The van der Waals surface area contributed by atoms with E-state index in [4.69, 9.17) is 14.2 Å². The van der Waals surface area contributed by atoms with Crippen LogP contribution < -0.4 is 0 Å². The second-order valence-electron chi connectivity index (χ2n) is 20.2. The van der Waals surface area contributed by atoms with Crippen molar-refractivity contribution in [2.75, 3.05) is 13.2 Å². The van der Waals surface area contributed by atoms with Crippen LogP contribution in [0.5, 0.6) is 0 Å². The van der Waals surface area contributed by atoms with E-state index in [1.54, 1.807) is 0 Å². The van der Waals surface area contributed by atoms with E-state index < -0.39 is 6.10 Å². The van der Waals surface area contributed by atoms with Gasteiger partial charge in [0.05, 0.1) is 0 Å². The normalized spacial score (nSPS) is 13.3. The van der Waals surface area contributed by atoms with E-state index in [1.807, 2.05) is 0 Å². The highest BCUT2D eigenvalue weighted by molar-refractivity contribution is 5.71. The summed E-state index contributed by atoms with van der Waals surface area (Å²) in [6, 6.07) is 0. The van der Waals surface area contributed by atoms with Crippen LogP contribution in [0.15, 0.2) is 170 Å². The van der Waals surface area contributed by atoms with Gasteiger partial charge in [-0.25, -0.2) is 0 Å². The monoisotopic (exact) mass is 1090 g/mol. The van der Waals surface area contributed by atoms with Gasteiger partial charge in [-0.15, -0.1) is 0 Å². The minimum absolute atomic E-state index is 0.113. The summed E-state index contributed by atoms with van der Waals surface area (Å²) < 4.78 is 16.9. The summed E-state index contributed by atoms with van der Waals surface area (Å²) in [6.45, 7) is 6.23. The van der Waals surface area contributed by atoms with E-state index in [9.17, 15) is 14.4 Å². The molecule has 0 spiro atoms. The maximum absolute atomic E-state index is 12.9. The van der Waals surface area contributed by atoms with Gasteiger partial charge in [-0.05, 0) is 141 Å². The topological polar surface area (TPSA) is 78.9 Å². The zero-order valence-electron chi connectivity index (χ0n) is 50.6. The highest BCUT2D eigenvalue weighted by atomic mass is 16.6. The number of esters is 3. The molecular formula is C73H114O6. The van der Waals surface area contributed by atoms with Crippen LogP contribution in [0.4, 0.5) is 0 Å². The summed E-state index contributed by atoms with van der Waals surface area (Å²) in [4.78, 5) is 38.3. The van der Waals surface area contributed by atoms with Gasteiger partial charge >= 0.3 is 17.9 Å². The van der Waals surface area contributed by atoms with Crippen LogP contribution >= 0.6 is 0 Å². The molecule has 0 fully saturated rings. The van der Waals surface area contributed by atoms with Gasteiger partial charge in [0.15, 0.2) is 6.10 Å². The summed E-state index contributed by atoms with van der Waals surface area (Å²) in [5, 5.41) is 0. The lowest BCUT2D eigenvalue weighted by atomic mass is 10.1. The second-order valence-corrected chi connectivity index (χ2v) is 20.2. The predicted octanol–water partition coefficient (Wildman–Crippen LogP) is 21.9. The van der Waals surface area contributed by atoms with Crippen molar-refractivity contribution in [2.24, 2.45) is 0 Å². The fourth-order valence-corrected chi connectivity index (χ4v) is 8.08. The molecule has 0 saturated heterocycles. The van der Waals surface area contributed by atoms with E-state index in [2.05, 4.69) is 191 Å². The number of ether oxygens (including phenoxy) is 3. The number of hydrogen-bond donors (Lipinski definition) is 0. The van der Waals surface area contributed by atoms with Gasteiger partial charge in [-0.2, -0.15) is 0 Å². The Balaban J connectivity index is 4.50. The Kier molecular flexibility index (Phi) is 61.0. The van der Waals surface area contributed by atoms with Gasteiger partial charge in [0.1, 0.15) is 13.2 Å². The quantitative estimate of drug-likeness (QED) is 0.0261. The maximum Gasteiger partial charge on any atom is 0.306 e. The van der Waals surface area contributed by atoms with Crippen LogP contribution in [0.1, 0.15) is 252 Å². The average molecular weight is 1090 g/mol. The molecule has 6 nitrogen and oxygen atoms in total. The zero-order valence-corrected chi connectivity index (χ0v) is 50.6. The second kappa shape index (κ2) is 65.3. The Hall–Kier alpha value is -5.23. The molecule has 442 valence electrons. The van der Waals surface area contributed by atoms with Crippen LogP contribution in [0.2, 0.25) is 0 Å². The number of allylic oxidation sites excluding steroid dienone is 28. The molecule has 0 amide bonds. The summed E-state index contributed by atoms with van der Waals surface area (Å²) in [5.74, 6) is -0.998. The van der Waals surface area contributed by atoms with Crippen molar-refractivity contribution in [3.05, 3.63) is 170 Å². The number of unbranched alkanes of at least 4 members (excludes halogenated alkanes) is 16. The summed E-state index contributed by atoms with van der Waals surface area (Å²) >= 11 is 0. The zero-order chi connectivity index (χ0) is 57.1. The van der Waals surface area contributed by atoms with Crippen molar-refractivity contribution >= 4 is 17.9 Å².